The molecule has 0 aliphatic carbocycles. The fourth-order valence-electron chi connectivity index (χ4n) is 4.43. The number of aromatic nitrogens is 2. The van der Waals surface area contributed by atoms with Crippen LogP contribution in [0.15, 0.2) is 81.9 Å². The van der Waals surface area contributed by atoms with E-state index in [1.54, 1.807) is 36.9 Å². The third-order valence-corrected chi connectivity index (χ3v) is 5.83. The van der Waals surface area contributed by atoms with Crippen LogP contribution in [0.2, 0.25) is 0 Å². The summed E-state index contributed by atoms with van der Waals surface area (Å²) in [4.78, 5) is 27.4. The molecule has 8 heteroatoms. The zero-order valence-electron chi connectivity index (χ0n) is 23.2. The lowest BCUT2D eigenvalue weighted by molar-refractivity contribution is -0.150. The van der Waals surface area contributed by atoms with E-state index in [2.05, 4.69) is 5.32 Å². The molecule has 1 N–H and O–H groups in total. The molecule has 38 heavy (non-hydrogen) atoms. The second-order valence-corrected chi connectivity index (χ2v) is 11.3. The average Bonchev–Trinajstić information content (AvgIpc) is 3.46. The number of carbonyl (C=O) groups is 2. The van der Waals surface area contributed by atoms with Gasteiger partial charge < -0.3 is 19.2 Å². The van der Waals surface area contributed by atoms with Gasteiger partial charge in [0.25, 0.3) is 0 Å². The van der Waals surface area contributed by atoms with Crippen LogP contribution in [0.5, 0.6) is 0 Å². The van der Waals surface area contributed by atoms with Crippen molar-refractivity contribution < 1.29 is 23.5 Å². The number of benzene rings is 1. The summed E-state index contributed by atoms with van der Waals surface area (Å²) in [6, 6.07) is 13.2. The van der Waals surface area contributed by atoms with E-state index in [1.807, 2.05) is 78.1 Å². The van der Waals surface area contributed by atoms with Gasteiger partial charge in [0.1, 0.15) is 16.9 Å². The fourth-order valence-corrected chi connectivity index (χ4v) is 4.43. The van der Waals surface area contributed by atoms with Gasteiger partial charge >= 0.3 is 11.9 Å². The Bertz CT molecular complexity index is 1350. The van der Waals surface area contributed by atoms with Crippen LogP contribution in [0.25, 0.3) is 17.1 Å². The number of nitrogens with one attached hydrogen (secondary N) is 1. The minimum Gasteiger partial charge on any atom is -0.463 e. The number of allylic oxidation sites excluding steroid dienone is 2. The average molecular weight is 518 g/mol. The summed E-state index contributed by atoms with van der Waals surface area (Å²) in [7, 11) is 0. The molecule has 0 spiro atoms. The SMILES string of the molecule is CC1=C(C(=O)OC(C)(C)C)C(c2cn(-c3ccccc3)nc2-c2ccco2)C(C(=O)OC(C)(C)C)=C(C)N1. The minimum atomic E-state index is -0.821. The highest BCUT2D eigenvalue weighted by atomic mass is 16.6. The maximum atomic E-state index is 13.7. The van der Waals surface area contributed by atoms with E-state index in [0.29, 0.717) is 39.6 Å². The monoisotopic (exact) mass is 517 g/mol. The molecule has 1 aliphatic heterocycles. The highest BCUT2D eigenvalue weighted by Crippen LogP contribution is 2.44. The maximum Gasteiger partial charge on any atom is 0.337 e. The van der Waals surface area contributed by atoms with Crippen LogP contribution in [-0.4, -0.2) is 32.9 Å². The van der Waals surface area contributed by atoms with Crippen LogP contribution < -0.4 is 5.32 Å². The molecule has 0 bridgehead atoms. The first-order valence-electron chi connectivity index (χ1n) is 12.6. The molecule has 0 saturated heterocycles. The number of dihydropyridines is 1. The van der Waals surface area contributed by atoms with E-state index >= 15 is 0 Å². The van der Waals surface area contributed by atoms with Crippen LogP contribution in [0.3, 0.4) is 0 Å². The molecule has 0 atom stereocenters. The first-order valence-corrected chi connectivity index (χ1v) is 12.6. The summed E-state index contributed by atoms with van der Waals surface area (Å²) in [5, 5.41) is 8.05. The summed E-state index contributed by atoms with van der Waals surface area (Å²) in [6.45, 7) is 14.5. The highest BCUT2D eigenvalue weighted by Gasteiger charge is 2.42. The zero-order chi connectivity index (χ0) is 27.8. The number of nitrogens with zero attached hydrogens (tertiary/aromatic N) is 2. The molecule has 3 aromatic rings. The molecule has 0 fully saturated rings. The molecule has 4 rings (SSSR count). The number of hydrogen-bond acceptors (Lipinski definition) is 7. The molecule has 1 aliphatic rings. The van der Waals surface area contributed by atoms with Crippen molar-refractivity contribution in [1.29, 1.82) is 0 Å². The number of para-hydroxylation sites is 1. The van der Waals surface area contributed by atoms with Crippen molar-refractivity contribution in [2.24, 2.45) is 0 Å². The van der Waals surface area contributed by atoms with E-state index in [4.69, 9.17) is 19.0 Å². The third kappa shape index (κ3) is 5.74. The van der Waals surface area contributed by atoms with E-state index < -0.39 is 29.1 Å². The second-order valence-electron chi connectivity index (χ2n) is 11.3. The Morgan fingerprint density at radius 3 is 1.89 bits per heavy atom. The lowest BCUT2D eigenvalue weighted by Crippen LogP contribution is -2.36. The Labute approximate surface area is 223 Å². The number of rotatable bonds is 5. The molecule has 0 saturated carbocycles. The Morgan fingerprint density at radius 2 is 1.42 bits per heavy atom. The van der Waals surface area contributed by atoms with Gasteiger partial charge in [0.05, 0.1) is 29.0 Å². The molecule has 0 amide bonds. The summed E-state index contributed by atoms with van der Waals surface area (Å²) in [5.74, 6) is -1.37. The highest BCUT2D eigenvalue weighted by molar-refractivity contribution is 6.00. The number of hydrogen-bond donors (Lipinski definition) is 1. The Balaban J connectivity index is 1.98. The third-order valence-electron chi connectivity index (χ3n) is 5.83. The molecule has 200 valence electrons. The van der Waals surface area contributed by atoms with E-state index in [1.165, 1.54) is 0 Å². The van der Waals surface area contributed by atoms with E-state index in [-0.39, 0.29) is 0 Å². The number of carbonyl (C=O) groups excluding carboxylic acids is 2. The Kier molecular flexibility index (Phi) is 7.10. The van der Waals surface area contributed by atoms with Crippen LogP contribution in [-0.2, 0) is 19.1 Å². The van der Waals surface area contributed by atoms with Crippen LogP contribution >= 0.6 is 0 Å². The summed E-state index contributed by atoms with van der Waals surface area (Å²) >= 11 is 0. The van der Waals surface area contributed by atoms with Crippen LogP contribution in [0.1, 0.15) is 66.9 Å². The quantitative estimate of drug-likeness (QED) is 0.412. The van der Waals surface area contributed by atoms with Crippen molar-refractivity contribution in [2.75, 3.05) is 0 Å². The molecule has 2 aromatic heterocycles. The number of furan rings is 1. The molecule has 1 aromatic carbocycles. The fraction of sp³-hybridized carbons (Fsp3) is 0.367. The molecule has 3 heterocycles. The van der Waals surface area contributed by atoms with Gasteiger partial charge in [0.2, 0.25) is 0 Å². The van der Waals surface area contributed by atoms with Gasteiger partial charge in [-0.2, -0.15) is 5.10 Å². The van der Waals surface area contributed by atoms with Gasteiger partial charge in [-0.3, -0.25) is 0 Å². The van der Waals surface area contributed by atoms with Crippen molar-refractivity contribution in [1.82, 2.24) is 15.1 Å². The standard InChI is InChI=1S/C30H35N3O5/c1-18-23(27(34)37-29(3,4)5)25(24(19(2)31-18)28(35)38-30(6,7)8)21-17-33(20-13-10-9-11-14-20)32-26(21)22-15-12-16-36-22/h9-17,25,31H,1-8H3. The summed E-state index contributed by atoms with van der Waals surface area (Å²) < 4.78 is 19.1. The van der Waals surface area contributed by atoms with E-state index in [0.717, 1.165) is 5.69 Å². The van der Waals surface area contributed by atoms with Gasteiger partial charge in [-0.1, -0.05) is 18.2 Å². The lowest BCUT2D eigenvalue weighted by Gasteiger charge is -2.33. The maximum absolute atomic E-state index is 13.7. The minimum absolute atomic E-state index is 0.312. The predicted molar refractivity (Wildman–Crippen MR) is 144 cm³/mol. The van der Waals surface area contributed by atoms with Crippen molar-refractivity contribution in [3.05, 3.63) is 83.0 Å². The number of esters is 2. The van der Waals surface area contributed by atoms with Gasteiger partial charge in [-0.05, 0) is 79.7 Å². The second kappa shape index (κ2) is 10.0. The predicted octanol–water partition coefficient (Wildman–Crippen LogP) is 6.05. The Hall–Kier alpha value is -4.07. The van der Waals surface area contributed by atoms with Gasteiger partial charge in [-0.25, -0.2) is 14.3 Å². The molecular weight excluding hydrogens is 482 g/mol. The largest absolute Gasteiger partial charge is 0.463 e. The first-order chi connectivity index (χ1) is 17.7. The molecule has 0 radical (unpaired) electrons. The van der Waals surface area contributed by atoms with Gasteiger partial charge in [0.15, 0.2) is 5.76 Å². The van der Waals surface area contributed by atoms with Gasteiger partial charge in [-0.15, -0.1) is 0 Å². The van der Waals surface area contributed by atoms with Gasteiger partial charge in [0, 0.05) is 23.2 Å². The van der Waals surface area contributed by atoms with E-state index in [9.17, 15) is 9.59 Å². The normalized spacial score (nSPS) is 14.9. The van der Waals surface area contributed by atoms with Crippen LogP contribution in [0.4, 0.5) is 0 Å². The van der Waals surface area contributed by atoms with Crippen LogP contribution in [0, 0.1) is 0 Å². The Morgan fingerprint density at radius 1 is 0.868 bits per heavy atom. The summed E-state index contributed by atoms with van der Waals surface area (Å²) in [5.41, 5.74) is 2.26. The van der Waals surface area contributed by atoms with Crippen molar-refractivity contribution in [3.63, 3.8) is 0 Å². The van der Waals surface area contributed by atoms with Crippen molar-refractivity contribution in [3.8, 4) is 17.1 Å². The summed E-state index contributed by atoms with van der Waals surface area (Å²) in [6.07, 6.45) is 3.40. The molecule has 0 unspecified atom stereocenters. The number of ether oxygens (including phenoxy) is 2. The smallest absolute Gasteiger partial charge is 0.337 e. The van der Waals surface area contributed by atoms with Crippen molar-refractivity contribution in [2.45, 2.75) is 72.5 Å². The lowest BCUT2D eigenvalue weighted by atomic mass is 9.80. The molecular formula is C30H35N3O5. The first kappa shape index (κ1) is 27.0. The topological polar surface area (TPSA) is 95.6 Å². The zero-order valence-corrected chi connectivity index (χ0v) is 23.2. The molecule has 8 nitrogen and oxygen atoms in total. The van der Waals surface area contributed by atoms with Crippen molar-refractivity contribution >= 4 is 11.9 Å².